The first-order valence-corrected chi connectivity index (χ1v) is 5.87. The molecule has 98 valence electrons. The summed E-state index contributed by atoms with van der Waals surface area (Å²) in [7, 11) is 0. The van der Waals surface area contributed by atoms with E-state index in [-0.39, 0.29) is 17.2 Å². The molecule has 5 heteroatoms. The van der Waals surface area contributed by atoms with Crippen LogP contribution < -0.4 is 4.90 Å². The van der Waals surface area contributed by atoms with Gasteiger partial charge in [0.25, 0.3) is 0 Å². The Bertz CT molecular complexity index is 456. The van der Waals surface area contributed by atoms with Gasteiger partial charge in [-0.2, -0.15) is 0 Å². The Morgan fingerprint density at radius 3 is 2.44 bits per heavy atom. The smallest absolute Gasteiger partial charge is 0.339 e. The summed E-state index contributed by atoms with van der Waals surface area (Å²) in [5, 5.41) is 18.3. The fourth-order valence-corrected chi connectivity index (χ4v) is 1.71. The number of amides is 1. The fraction of sp³-hybridized carbons (Fsp3) is 0.385. The van der Waals surface area contributed by atoms with Gasteiger partial charge in [-0.15, -0.1) is 0 Å². The number of aromatic carboxylic acids is 1. The fourth-order valence-electron chi connectivity index (χ4n) is 1.71. The molecule has 1 aromatic carbocycles. The lowest BCUT2D eigenvalue weighted by Gasteiger charge is -2.21. The summed E-state index contributed by atoms with van der Waals surface area (Å²) < 4.78 is 0. The number of hydrogen-bond donors (Lipinski definition) is 2. The second kappa shape index (κ2) is 6.05. The van der Waals surface area contributed by atoms with Crippen molar-refractivity contribution < 1.29 is 19.8 Å². The van der Waals surface area contributed by atoms with Crippen molar-refractivity contribution in [2.45, 2.75) is 26.7 Å². The normalized spacial score (nSPS) is 10.1. The largest absolute Gasteiger partial charge is 0.507 e. The Morgan fingerprint density at radius 2 is 1.94 bits per heavy atom. The Balaban J connectivity index is 3.11. The number of anilines is 1. The van der Waals surface area contributed by atoms with Crippen LogP contribution in [0, 0.1) is 0 Å². The van der Waals surface area contributed by atoms with Crippen molar-refractivity contribution in [3.63, 3.8) is 0 Å². The minimum Gasteiger partial charge on any atom is -0.507 e. The highest BCUT2D eigenvalue weighted by Gasteiger charge is 2.16. The number of benzene rings is 1. The van der Waals surface area contributed by atoms with Crippen LogP contribution in [-0.4, -0.2) is 28.6 Å². The van der Waals surface area contributed by atoms with Gasteiger partial charge in [0.2, 0.25) is 5.91 Å². The number of carboxylic acids is 1. The molecule has 18 heavy (non-hydrogen) atoms. The molecule has 0 atom stereocenters. The van der Waals surface area contributed by atoms with Crippen molar-refractivity contribution in [1.29, 1.82) is 0 Å². The molecule has 5 nitrogen and oxygen atoms in total. The van der Waals surface area contributed by atoms with Gasteiger partial charge in [-0.05, 0) is 31.5 Å². The van der Waals surface area contributed by atoms with Gasteiger partial charge in [-0.25, -0.2) is 4.79 Å². The lowest BCUT2D eigenvalue weighted by Crippen LogP contribution is -2.30. The second-order valence-corrected chi connectivity index (χ2v) is 3.89. The van der Waals surface area contributed by atoms with E-state index < -0.39 is 5.97 Å². The third-order valence-corrected chi connectivity index (χ3v) is 2.60. The SMILES string of the molecule is CCCC(=O)N(CC)c1ccc(O)c(C(=O)O)c1. The van der Waals surface area contributed by atoms with Crippen molar-refractivity contribution >= 4 is 17.6 Å². The zero-order chi connectivity index (χ0) is 13.7. The molecule has 0 fully saturated rings. The molecule has 0 aliphatic rings. The summed E-state index contributed by atoms with van der Waals surface area (Å²) in [6, 6.07) is 4.15. The second-order valence-electron chi connectivity index (χ2n) is 3.89. The average Bonchev–Trinajstić information content (AvgIpc) is 2.32. The van der Waals surface area contributed by atoms with E-state index in [9.17, 15) is 14.7 Å². The average molecular weight is 251 g/mol. The minimum atomic E-state index is -1.21. The highest BCUT2D eigenvalue weighted by molar-refractivity contribution is 5.96. The van der Waals surface area contributed by atoms with E-state index >= 15 is 0 Å². The molecule has 0 unspecified atom stereocenters. The van der Waals surface area contributed by atoms with Crippen LogP contribution in [0.25, 0.3) is 0 Å². The minimum absolute atomic E-state index is 0.0537. The van der Waals surface area contributed by atoms with Gasteiger partial charge >= 0.3 is 5.97 Å². The van der Waals surface area contributed by atoms with Crippen molar-refractivity contribution in [3.05, 3.63) is 23.8 Å². The van der Waals surface area contributed by atoms with Gasteiger partial charge in [-0.3, -0.25) is 4.79 Å². The molecule has 0 saturated carbocycles. The first kappa shape index (κ1) is 14.0. The Morgan fingerprint density at radius 1 is 1.28 bits per heavy atom. The molecule has 0 spiro atoms. The van der Waals surface area contributed by atoms with Crippen molar-refractivity contribution in [1.82, 2.24) is 0 Å². The predicted molar refractivity (Wildman–Crippen MR) is 68.0 cm³/mol. The quantitative estimate of drug-likeness (QED) is 0.841. The lowest BCUT2D eigenvalue weighted by molar-refractivity contribution is -0.118. The van der Waals surface area contributed by atoms with E-state index in [4.69, 9.17) is 5.11 Å². The monoisotopic (exact) mass is 251 g/mol. The van der Waals surface area contributed by atoms with Crippen LogP contribution in [0.15, 0.2) is 18.2 Å². The van der Waals surface area contributed by atoms with Crippen LogP contribution in [0.3, 0.4) is 0 Å². The van der Waals surface area contributed by atoms with Crippen molar-refractivity contribution in [2.24, 2.45) is 0 Å². The molecule has 0 saturated heterocycles. The van der Waals surface area contributed by atoms with E-state index in [1.807, 2.05) is 13.8 Å². The van der Waals surface area contributed by atoms with Crippen molar-refractivity contribution in [3.8, 4) is 5.75 Å². The summed E-state index contributed by atoms with van der Waals surface area (Å²) in [6.07, 6.45) is 1.15. The zero-order valence-corrected chi connectivity index (χ0v) is 10.5. The van der Waals surface area contributed by atoms with Crippen LogP contribution >= 0.6 is 0 Å². The van der Waals surface area contributed by atoms with Crippen LogP contribution in [-0.2, 0) is 4.79 Å². The standard InChI is InChI=1S/C13H17NO4/c1-3-5-12(16)14(4-2)9-6-7-11(15)10(8-9)13(17)18/h6-8,15H,3-5H2,1-2H3,(H,17,18). The number of nitrogens with zero attached hydrogens (tertiary/aromatic N) is 1. The molecule has 0 aliphatic heterocycles. The van der Waals surface area contributed by atoms with E-state index in [0.717, 1.165) is 6.42 Å². The topological polar surface area (TPSA) is 77.8 Å². The molecule has 0 aromatic heterocycles. The number of carboxylic acid groups (broad SMARTS) is 1. The van der Waals surface area contributed by atoms with E-state index in [1.54, 1.807) is 6.07 Å². The highest BCUT2D eigenvalue weighted by atomic mass is 16.4. The number of carbonyl (C=O) groups is 2. The lowest BCUT2D eigenvalue weighted by atomic mass is 10.1. The number of aromatic hydroxyl groups is 1. The van der Waals surface area contributed by atoms with Crippen molar-refractivity contribution in [2.75, 3.05) is 11.4 Å². The first-order valence-electron chi connectivity index (χ1n) is 5.87. The molecule has 0 aliphatic carbocycles. The summed E-state index contributed by atoms with van der Waals surface area (Å²) in [4.78, 5) is 24.3. The van der Waals surface area contributed by atoms with Crippen LogP contribution in [0.5, 0.6) is 5.75 Å². The Hall–Kier alpha value is -2.04. The number of carbonyl (C=O) groups excluding carboxylic acids is 1. The highest BCUT2D eigenvalue weighted by Crippen LogP contribution is 2.24. The van der Waals surface area contributed by atoms with Gasteiger partial charge in [0.1, 0.15) is 11.3 Å². The Labute approximate surface area is 106 Å². The van der Waals surface area contributed by atoms with Crippen LogP contribution in [0.1, 0.15) is 37.0 Å². The van der Waals surface area contributed by atoms with Crippen LogP contribution in [0.4, 0.5) is 5.69 Å². The van der Waals surface area contributed by atoms with E-state index in [1.165, 1.54) is 17.0 Å². The maximum Gasteiger partial charge on any atom is 0.339 e. The predicted octanol–water partition coefficient (Wildman–Crippen LogP) is 2.24. The number of hydrogen-bond acceptors (Lipinski definition) is 3. The maximum atomic E-state index is 11.9. The molecular formula is C13H17NO4. The third-order valence-electron chi connectivity index (χ3n) is 2.60. The molecule has 1 rings (SSSR count). The molecule has 0 heterocycles. The molecule has 1 aromatic rings. The van der Waals surface area contributed by atoms with Gasteiger partial charge < -0.3 is 15.1 Å². The summed E-state index contributed by atoms with van der Waals surface area (Å²) in [5.74, 6) is -1.57. The van der Waals surface area contributed by atoms with Gasteiger partial charge in [0, 0.05) is 18.7 Å². The number of rotatable bonds is 5. The summed E-state index contributed by atoms with van der Waals surface area (Å²) in [6.45, 7) is 4.19. The molecular weight excluding hydrogens is 234 g/mol. The van der Waals surface area contributed by atoms with Crippen LogP contribution in [0.2, 0.25) is 0 Å². The van der Waals surface area contributed by atoms with Gasteiger partial charge in [-0.1, -0.05) is 6.92 Å². The summed E-state index contributed by atoms with van der Waals surface area (Å²) in [5.41, 5.74) is 0.293. The van der Waals surface area contributed by atoms with Gasteiger partial charge in [0.05, 0.1) is 0 Å². The summed E-state index contributed by atoms with van der Waals surface area (Å²) >= 11 is 0. The first-order chi connectivity index (χ1) is 8.51. The third kappa shape index (κ3) is 3.00. The maximum absolute atomic E-state index is 11.9. The molecule has 0 bridgehead atoms. The van der Waals surface area contributed by atoms with E-state index in [0.29, 0.717) is 18.7 Å². The van der Waals surface area contributed by atoms with Gasteiger partial charge in [0.15, 0.2) is 0 Å². The molecule has 1 amide bonds. The van der Waals surface area contributed by atoms with E-state index in [2.05, 4.69) is 0 Å². The molecule has 0 radical (unpaired) electrons. The molecule has 2 N–H and O–H groups in total. The number of phenols is 1. The zero-order valence-electron chi connectivity index (χ0n) is 10.5. The Kier molecular flexibility index (Phi) is 4.71.